The predicted octanol–water partition coefficient (Wildman–Crippen LogP) is 2.33. The first-order valence-corrected chi connectivity index (χ1v) is 5.49. The van der Waals surface area contributed by atoms with Gasteiger partial charge in [0.1, 0.15) is 0 Å². The van der Waals surface area contributed by atoms with Crippen molar-refractivity contribution in [2.24, 2.45) is 0 Å². The van der Waals surface area contributed by atoms with Crippen LogP contribution in [0.25, 0.3) is 10.9 Å². The van der Waals surface area contributed by atoms with E-state index in [2.05, 4.69) is 4.98 Å². The van der Waals surface area contributed by atoms with E-state index >= 15 is 0 Å². The van der Waals surface area contributed by atoms with Crippen LogP contribution in [0.5, 0.6) is 0 Å². The van der Waals surface area contributed by atoms with Gasteiger partial charge in [0, 0.05) is 29.3 Å². The zero-order valence-electron chi connectivity index (χ0n) is 9.81. The number of aromatic nitrogens is 1. The van der Waals surface area contributed by atoms with Gasteiger partial charge < -0.3 is 5.11 Å². The molecule has 2 aromatic rings. The number of nitro groups is 1. The Kier molecular flexibility index (Phi) is 3.51. The Hall–Kier alpha value is -2.76. The molecule has 0 bridgehead atoms. The normalized spacial score (nSPS) is 10.9. The minimum absolute atomic E-state index is 0.0544. The summed E-state index contributed by atoms with van der Waals surface area (Å²) in [5, 5.41) is 20.3. The van der Waals surface area contributed by atoms with E-state index < -0.39 is 10.9 Å². The van der Waals surface area contributed by atoms with Crippen molar-refractivity contribution in [3.8, 4) is 0 Å². The van der Waals surface area contributed by atoms with Crippen molar-refractivity contribution >= 4 is 22.6 Å². The first-order chi connectivity index (χ1) is 9.08. The highest BCUT2D eigenvalue weighted by molar-refractivity contribution is 5.83. The van der Waals surface area contributed by atoms with Gasteiger partial charge in [0.2, 0.25) is 0 Å². The van der Waals surface area contributed by atoms with Crippen molar-refractivity contribution in [3.05, 3.63) is 58.3 Å². The van der Waals surface area contributed by atoms with Gasteiger partial charge in [-0.25, -0.2) is 4.79 Å². The number of carboxylic acids is 1. The summed E-state index contributed by atoms with van der Waals surface area (Å²) in [6, 6.07) is 6.60. The number of benzene rings is 1. The van der Waals surface area contributed by atoms with Crippen molar-refractivity contribution in [1.82, 2.24) is 4.98 Å². The third kappa shape index (κ3) is 2.92. The van der Waals surface area contributed by atoms with Crippen LogP contribution in [-0.4, -0.2) is 21.0 Å². The molecule has 1 aromatic carbocycles. The Morgan fingerprint density at radius 3 is 2.95 bits per heavy atom. The number of carbonyl (C=O) groups is 1. The summed E-state index contributed by atoms with van der Waals surface area (Å²) in [4.78, 5) is 25.0. The van der Waals surface area contributed by atoms with Crippen LogP contribution in [0.3, 0.4) is 0 Å². The van der Waals surface area contributed by atoms with E-state index in [-0.39, 0.29) is 12.1 Å². The molecular weight excluding hydrogens is 248 g/mol. The fourth-order valence-electron chi connectivity index (χ4n) is 1.78. The van der Waals surface area contributed by atoms with Gasteiger partial charge in [-0.05, 0) is 18.6 Å². The molecule has 6 heteroatoms. The van der Waals surface area contributed by atoms with Gasteiger partial charge in [-0.3, -0.25) is 15.1 Å². The number of rotatable bonds is 4. The molecule has 0 saturated heterocycles. The molecule has 2 rings (SSSR count). The summed E-state index contributed by atoms with van der Waals surface area (Å²) in [6.07, 6.45) is 4.10. The fraction of sp³-hybridized carbons (Fsp3) is 0.0769. The Morgan fingerprint density at radius 2 is 2.26 bits per heavy atom. The van der Waals surface area contributed by atoms with E-state index in [0.717, 1.165) is 11.5 Å². The van der Waals surface area contributed by atoms with Crippen LogP contribution >= 0.6 is 0 Å². The van der Waals surface area contributed by atoms with E-state index in [1.54, 1.807) is 24.4 Å². The second-order valence-corrected chi connectivity index (χ2v) is 3.88. The quantitative estimate of drug-likeness (QED) is 0.516. The Morgan fingerprint density at radius 1 is 1.47 bits per heavy atom. The zero-order chi connectivity index (χ0) is 13.8. The van der Waals surface area contributed by atoms with Gasteiger partial charge in [0.25, 0.3) is 5.69 Å². The maximum absolute atomic E-state index is 11.0. The van der Waals surface area contributed by atoms with Crippen LogP contribution in [0.1, 0.15) is 5.56 Å². The summed E-state index contributed by atoms with van der Waals surface area (Å²) < 4.78 is 0. The lowest BCUT2D eigenvalue weighted by Gasteiger charge is -2.02. The van der Waals surface area contributed by atoms with Crippen LogP contribution < -0.4 is 0 Å². The average Bonchev–Trinajstić information content (AvgIpc) is 2.37. The monoisotopic (exact) mass is 258 g/mol. The molecule has 0 spiro atoms. The molecule has 0 unspecified atom stereocenters. The summed E-state index contributed by atoms with van der Waals surface area (Å²) in [6.45, 7) is 0. The van der Waals surface area contributed by atoms with Crippen LogP contribution in [-0.2, 0) is 11.2 Å². The highest BCUT2D eigenvalue weighted by Crippen LogP contribution is 2.25. The molecule has 1 aromatic heterocycles. The molecular formula is C13H10N2O4. The predicted molar refractivity (Wildman–Crippen MR) is 68.9 cm³/mol. The summed E-state index contributed by atoms with van der Waals surface area (Å²) in [7, 11) is 0. The van der Waals surface area contributed by atoms with Crippen LogP contribution in [0.2, 0.25) is 0 Å². The Bertz CT molecular complexity index is 679. The minimum Gasteiger partial charge on any atom is -0.478 e. The van der Waals surface area contributed by atoms with Crippen molar-refractivity contribution in [1.29, 1.82) is 0 Å². The summed E-state index contributed by atoms with van der Waals surface area (Å²) >= 11 is 0. The van der Waals surface area contributed by atoms with Crippen molar-refractivity contribution in [2.45, 2.75) is 6.42 Å². The number of allylic oxidation sites excluding steroid dienone is 1. The number of nitro benzene ring substituents is 1. The fourth-order valence-corrected chi connectivity index (χ4v) is 1.78. The topological polar surface area (TPSA) is 93.3 Å². The standard InChI is InChI=1S/C13H10N2O4/c16-13(17)5-1-3-10-7-9-4-2-6-14-11(9)8-12(10)15(18)19/h1-2,4-8H,3H2,(H,16,17)/b5-1+. The first-order valence-electron chi connectivity index (χ1n) is 5.49. The number of carboxylic acid groups (broad SMARTS) is 1. The molecule has 1 heterocycles. The highest BCUT2D eigenvalue weighted by atomic mass is 16.6. The molecule has 6 nitrogen and oxygen atoms in total. The lowest BCUT2D eigenvalue weighted by atomic mass is 10.1. The molecule has 19 heavy (non-hydrogen) atoms. The lowest BCUT2D eigenvalue weighted by Crippen LogP contribution is -1.96. The molecule has 0 aliphatic carbocycles. The molecule has 0 fully saturated rings. The number of aliphatic carboxylic acids is 1. The molecule has 0 amide bonds. The van der Waals surface area contributed by atoms with Crippen molar-refractivity contribution < 1.29 is 14.8 Å². The highest BCUT2D eigenvalue weighted by Gasteiger charge is 2.14. The first kappa shape index (κ1) is 12.7. The maximum Gasteiger partial charge on any atom is 0.327 e. The van der Waals surface area contributed by atoms with Crippen molar-refractivity contribution in [2.75, 3.05) is 0 Å². The number of hydrogen-bond donors (Lipinski definition) is 1. The van der Waals surface area contributed by atoms with Crippen LogP contribution in [0, 0.1) is 10.1 Å². The smallest absolute Gasteiger partial charge is 0.327 e. The maximum atomic E-state index is 11.0. The van der Waals surface area contributed by atoms with E-state index in [0.29, 0.717) is 11.1 Å². The van der Waals surface area contributed by atoms with Gasteiger partial charge in [0.05, 0.1) is 10.4 Å². The van der Waals surface area contributed by atoms with Crippen LogP contribution in [0.15, 0.2) is 42.6 Å². The summed E-state index contributed by atoms with van der Waals surface area (Å²) in [5.41, 5.74) is 0.949. The largest absolute Gasteiger partial charge is 0.478 e. The van der Waals surface area contributed by atoms with E-state index in [1.165, 1.54) is 12.1 Å². The molecule has 0 radical (unpaired) electrons. The third-order valence-electron chi connectivity index (χ3n) is 2.60. The molecule has 96 valence electrons. The lowest BCUT2D eigenvalue weighted by molar-refractivity contribution is -0.385. The van der Waals surface area contributed by atoms with Gasteiger partial charge in [-0.2, -0.15) is 0 Å². The number of pyridine rings is 1. The third-order valence-corrected chi connectivity index (χ3v) is 2.60. The molecule has 1 N–H and O–H groups in total. The second kappa shape index (κ2) is 5.26. The molecule has 0 atom stereocenters. The van der Waals surface area contributed by atoms with Crippen molar-refractivity contribution in [3.63, 3.8) is 0 Å². The number of hydrogen-bond acceptors (Lipinski definition) is 4. The number of fused-ring (bicyclic) bond motifs is 1. The van der Waals surface area contributed by atoms with Gasteiger partial charge in [-0.1, -0.05) is 12.1 Å². The Labute approximate surface area is 108 Å². The number of nitrogens with zero attached hydrogens (tertiary/aromatic N) is 2. The summed E-state index contributed by atoms with van der Waals surface area (Å²) in [5.74, 6) is -1.08. The van der Waals surface area contributed by atoms with Gasteiger partial charge in [0.15, 0.2) is 0 Å². The molecule has 0 aliphatic rings. The molecule has 0 aliphatic heterocycles. The van der Waals surface area contributed by atoms with Gasteiger partial charge in [-0.15, -0.1) is 0 Å². The van der Waals surface area contributed by atoms with E-state index in [1.807, 2.05) is 0 Å². The average molecular weight is 258 g/mol. The van der Waals surface area contributed by atoms with E-state index in [9.17, 15) is 14.9 Å². The van der Waals surface area contributed by atoms with Gasteiger partial charge >= 0.3 is 5.97 Å². The zero-order valence-corrected chi connectivity index (χ0v) is 9.81. The minimum atomic E-state index is -1.08. The second-order valence-electron chi connectivity index (χ2n) is 3.88. The SMILES string of the molecule is O=C(O)/C=C/Cc1cc2cccnc2cc1[N+](=O)[O-]. The Balaban J connectivity index is 2.47. The van der Waals surface area contributed by atoms with E-state index in [4.69, 9.17) is 5.11 Å². The molecule has 0 saturated carbocycles. The van der Waals surface area contributed by atoms with Crippen LogP contribution in [0.4, 0.5) is 5.69 Å².